The first-order valence-corrected chi connectivity index (χ1v) is 5.22. The molecule has 13 heavy (non-hydrogen) atoms. The molecule has 5 heteroatoms. The van der Waals surface area contributed by atoms with E-state index in [1.807, 2.05) is 11.8 Å². The molecule has 0 aromatic carbocycles. The fourth-order valence-corrected chi connectivity index (χ4v) is 2.63. The van der Waals surface area contributed by atoms with Gasteiger partial charge < -0.3 is 10.1 Å². The maximum Gasteiger partial charge on any atom is 0.353 e. The summed E-state index contributed by atoms with van der Waals surface area (Å²) < 4.78 is 0. The van der Waals surface area contributed by atoms with Gasteiger partial charge in [0, 0.05) is 0 Å². The first-order valence-electron chi connectivity index (χ1n) is 4.17. The Labute approximate surface area is 79.8 Å². The van der Waals surface area contributed by atoms with Crippen molar-refractivity contribution < 1.29 is 9.90 Å². The summed E-state index contributed by atoms with van der Waals surface area (Å²) in [4.78, 5) is 17.4. The second-order valence-corrected chi connectivity index (χ2v) is 4.30. The lowest BCUT2D eigenvalue weighted by Gasteiger charge is -2.02. The molecule has 0 radical (unpaired) electrons. The molecule has 70 valence electrons. The summed E-state index contributed by atoms with van der Waals surface area (Å²) in [6.45, 7) is 0. The summed E-state index contributed by atoms with van der Waals surface area (Å²) in [7, 11) is 0. The number of thioether (sulfide) groups is 1. The van der Waals surface area contributed by atoms with Gasteiger partial charge in [-0.25, -0.2) is 9.78 Å². The number of imidazole rings is 1. The standard InChI is InChI=1S/C8H10N2O2S/c11-8(12)5-4-9-7(10-5)6-2-1-3-13-6/h4,6H,1-3H2,(H,9,10)(H,11,12). The summed E-state index contributed by atoms with van der Waals surface area (Å²) in [5.41, 5.74) is 0.183. The molecule has 0 bridgehead atoms. The topological polar surface area (TPSA) is 66.0 Å². The van der Waals surface area contributed by atoms with Gasteiger partial charge >= 0.3 is 5.97 Å². The van der Waals surface area contributed by atoms with Crippen molar-refractivity contribution in [2.45, 2.75) is 18.1 Å². The summed E-state index contributed by atoms with van der Waals surface area (Å²) in [6.07, 6.45) is 3.67. The van der Waals surface area contributed by atoms with Gasteiger partial charge in [0.2, 0.25) is 0 Å². The van der Waals surface area contributed by atoms with Gasteiger partial charge in [0.05, 0.1) is 11.4 Å². The summed E-state index contributed by atoms with van der Waals surface area (Å²) in [5.74, 6) is 1.01. The Morgan fingerprint density at radius 2 is 2.62 bits per heavy atom. The van der Waals surface area contributed by atoms with E-state index in [0.717, 1.165) is 18.0 Å². The molecule has 0 spiro atoms. The zero-order valence-electron chi connectivity index (χ0n) is 6.99. The molecule has 1 unspecified atom stereocenters. The van der Waals surface area contributed by atoms with Gasteiger partial charge in [0.25, 0.3) is 0 Å². The molecule has 1 atom stereocenters. The third-order valence-corrected chi connectivity index (χ3v) is 3.45. The third-order valence-electron chi connectivity index (χ3n) is 2.06. The number of nitrogens with one attached hydrogen (secondary N) is 1. The summed E-state index contributed by atoms with van der Waals surface area (Å²) in [5, 5.41) is 9.03. The minimum absolute atomic E-state index is 0.183. The maximum atomic E-state index is 10.6. The zero-order valence-corrected chi connectivity index (χ0v) is 7.80. The number of carboxylic acids is 1. The van der Waals surface area contributed by atoms with E-state index in [1.165, 1.54) is 12.6 Å². The highest BCUT2D eigenvalue weighted by molar-refractivity contribution is 7.99. The Bertz CT molecular complexity index is 318. The molecule has 1 saturated heterocycles. The van der Waals surface area contributed by atoms with E-state index in [1.54, 1.807) is 0 Å². The van der Waals surface area contributed by atoms with Crippen LogP contribution in [0.15, 0.2) is 6.20 Å². The number of hydrogen-bond donors (Lipinski definition) is 2. The van der Waals surface area contributed by atoms with Gasteiger partial charge in [-0.05, 0) is 18.6 Å². The molecule has 1 aromatic rings. The van der Waals surface area contributed by atoms with Gasteiger partial charge in [0.1, 0.15) is 11.5 Å². The van der Waals surface area contributed by atoms with Crippen molar-refractivity contribution in [1.82, 2.24) is 9.97 Å². The van der Waals surface area contributed by atoms with Gasteiger partial charge in [-0.1, -0.05) is 0 Å². The van der Waals surface area contributed by atoms with Gasteiger partial charge in [-0.3, -0.25) is 0 Å². The predicted molar refractivity (Wildman–Crippen MR) is 50.0 cm³/mol. The van der Waals surface area contributed by atoms with E-state index in [9.17, 15) is 4.79 Å². The van der Waals surface area contributed by atoms with E-state index in [0.29, 0.717) is 5.25 Å². The van der Waals surface area contributed by atoms with Crippen LogP contribution in [0.1, 0.15) is 34.4 Å². The molecule has 0 saturated carbocycles. The molecule has 1 aliphatic rings. The quantitative estimate of drug-likeness (QED) is 0.758. The number of aromatic nitrogens is 2. The highest BCUT2D eigenvalue weighted by atomic mass is 32.2. The monoisotopic (exact) mass is 198 g/mol. The van der Waals surface area contributed by atoms with E-state index >= 15 is 0 Å². The molecule has 1 aliphatic heterocycles. The van der Waals surface area contributed by atoms with Crippen molar-refractivity contribution in [1.29, 1.82) is 0 Å². The molecule has 2 rings (SSSR count). The smallest absolute Gasteiger partial charge is 0.353 e. The lowest BCUT2D eigenvalue weighted by molar-refractivity contribution is 0.0691. The number of rotatable bonds is 2. The van der Waals surface area contributed by atoms with E-state index in [2.05, 4.69) is 9.97 Å². The van der Waals surface area contributed by atoms with Gasteiger partial charge in [-0.2, -0.15) is 11.8 Å². The van der Waals surface area contributed by atoms with Crippen molar-refractivity contribution in [3.63, 3.8) is 0 Å². The van der Waals surface area contributed by atoms with Crippen LogP contribution in [0.5, 0.6) is 0 Å². The molecular weight excluding hydrogens is 188 g/mol. The van der Waals surface area contributed by atoms with E-state index in [-0.39, 0.29) is 5.69 Å². The predicted octanol–water partition coefficient (Wildman–Crippen LogP) is 1.68. The largest absolute Gasteiger partial charge is 0.477 e. The minimum atomic E-state index is -0.943. The van der Waals surface area contributed by atoms with Crippen molar-refractivity contribution in [3.05, 3.63) is 17.7 Å². The van der Waals surface area contributed by atoms with Crippen molar-refractivity contribution >= 4 is 17.7 Å². The second kappa shape index (κ2) is 3.41. The molecular formula is C8H10N2O2S. The molecule has 2 heterocycles. The van der Waals surface area contributed by atoms with Crippen LogP contribution in [0.2, 0.25) is 0 Å². The summed E-state index contributed by atoms with van der Waals surface area (Å²) >= 11 is 1.83. The minimum Gasteiger partial charge on any atom is -0.477 e. The number of H-pyrrole nitrogens is 1. The SMILES string of the molecule is O=C(O)c1cnc(C2CCCS2)[nH]1. The highest BCUT2D eigenvalue weighted by Crippen LogP contribution is 2.38. The first-order chi connectivity index (χ1) is 6.27. The lowest BCUT2D eigenvalue weighted by atomic mass is 10.2. The van der Waals surface area contributed by atoms with Crippen LogP contribution >= 0.6 is 11.8 Å². The fraction of sp³-hybridized carbons (Fsp3) is 0.500. The third kappa shape index (κ3) is 1.70. The Kier molecular flexibility index (Phi) is 2.26. The van der Waals surface area contributed by atoms with Crippen LogP contribution in [0, 0.1) is 0 Å². The maximum absolute atomic E-state index is 10.6. The van der Waals surface area contributed by atoms with Gasteiger partial charge in [-0.15, -0.1) is 0 Å². The first kappa shape index (κ1) is 8.62. The molecule has 1 aromatic heterocycles. The number of aromatic carboxylic acids is 1. The van der Waals surface area contributed by atoms with Crippen molar-refractivity contribution in [3.8, 4) is 0 Å². The Balaban J connectivity index is 2.16. The number of nitrogens with zero attached hydrogens (tertiary/aromatic N) is 1. The lowest BCUT2D eigenvalue weighted by Crippen LogP contribution is -1.97. The Hall–Kier alpha value is -0.970. The molecule has 4 nitrogen and oxygen atoms in total. The summed E-state index contributed by atoms with van der Waals surface area (Å²) in [6, 6.07) is 0. The number of carboxylic acid groups (broad SMARTS) is 1. The average molecular weight is 198 g/mol. The number of carbonyl (C=O) groups is 1. The van der Waals surface area contributed by atoms with Crippen LogP contribution in [0.25, 0.3) is 0 Å². The van der Waals surface area contributed by atoms with E-state index in [4.69, 9.17) is 5.11 Å². The van der Waals surface area contributed by atoms with Crippen LogP contribution in [-0.2, 0) is 0 Å². The normalized spacial score (nSPS) is 22.0. The fourth-order valence-electron chi connectivity index (χ4n) is 1.40. The Morgan fingerprint density at radius 3 is 3.15 bits per heavy atom. The Morgan fingerprint density at radius 1 is 1.77 bits per heavy atom. The second-order valence-electron chi connectivity index (χ2n) is 2.99. The zero-order chi connectivity index (χ0) is 9.26. The van der Waals surface area contributed by atoms with Crippen LogP contribution in [0.4, 0.5) is 0 Å². The highest BCUT2D eigenvalue weighted by Gasteiger charge is 2.21. The van der Waals surface area contributed by atoms with Crippen molar-refractivity contribution in [2.24, 2.45) is 0 Å². The van der Waals surface area contributed by atoms with Crippen LogP contribution in [0.3, 0.4) is 0 Å². The molecule has 0 amide bonds. The van der Waals surface area contributed by atoms with Crippen LogP contribution in [-0.4, -0.2) is 26.8 Å². The molecule has 0 aliphatic carbocycles. The van der Waals surface area contributed by atoms with Crippen molar-refractivity contribution in [2.75, 3.05) is 5.75 Å². The molecule has 2 N–H and O–H groups in total. The number of aromatic amines is 1. The molecule has 1 fully saturated rings. The van der Waals surface area contributed by atoms with Gasteiger partial charge in [0.15, 0.2) is 0 Å². The van der Waals surface area contributed by atoms with Crippen LogP contribution < -0.4 is 0 Å². The van der Waals surface area contributed by atoms with E-state index < -0.39 is 5.97 Å². The average Bonchev–Trinajstić information content (AvgIpc) is 2.75. The number of hydrogen-bond acceptors (Lipinski definition) is 3.